The Morgan fingerprint density at radius 1 is 1.05 bits per heavy atom. The first-order valence-electron chi connectivity index (χ1n) is 23.8. The van der Waals surface area contributed by atoms with Crippen molar-refractivity contribution in [1.82, 2.24) is 30.3 Å². The molecule has 0 saturated carbocycles. The molecule has 5 heterocycles. The summed E-state index contributed by atoms with van der Waals surface area (Å²) in [4.78, 5) is 62.1. The van der Waals surface area contributed by atoms with Crippen LogP contribution in [0.15, 0.2) is 35.5 Å². The number of benzene rings is 1. The van der Waals surface area contributed by atoms with Gasteiger partial charge in [0.1, 0.15) is 23.8 Å². The molecule has 4 aliphatic rings. The summed E-state index contributed by atoms with van der Waals surface area (Å²) >= 11 is 0. The normalized spacial score (nSPS) is 34.3. The lowest BCUT2D eigenvalue weighted by molar-refractivity contribution is -0.296. The Kier molecular flexibility index (Phi) is 16.8. The lowest BCUT2D eigenvalue weighted by Crippen LogP contribution is -2.60. The number of hydrogen-bond donors (Lipinski definition) is 3. The number of ether oxygens (including phenoxy) is 5. The van der Waals surface area contributed by atoms with Gasteiger partial charge < -0.3 is 28.8 Å². The van der Waals surface area contributed by atoms with Gasteiger partial charge in [-0.3, -0.25) is 39.1 Å². The molecule has 0 unspecified atom stereocenters. The Morgan fingerprint density at radius 2 is 1.77 bits per heavy atom. The average Bonchev–Trinajstić information content (AvgIpc) is 3.81. The summed E-state index contributed by atoms with van der Waals surface area (Å²) in [5, 5.41) is 29.8. The van der Waals surface area contributed by atoms with Crippen molar-refractivity contribution in [3.8, 4) is 11.3 Å². The van der Waals surface area contributed by atoms with E-state index in [1.54, 1.807) is 24.4 Å². The van der Waals surface area contributed by atoms with Gasteiger partial charge in [0.2, 0.25) is 5.91 Å². The van der Waals surface area contributed by atoms with Gasteiger partial charge in [0.25, 0.3) is 0 Å². The number of Topliss-reactive ketones (excluding diaryl/α,β-unsaturated/α-hetero) is 1. The van der Waals surface area contributed by atoms with Gasteiger partial charge in [0.15, 0.2) is 17.7 Å². The highest BCUT2D eigenvalue weighted by Gasteiger charge is 2.60. The summed E-state index contributed by atoms with van der Waals surface area (Å²) in [6.07, 6.45) is 1.83. The molecule has 0 radical (unpaired) electrons. The molecule has 6 rings (SSSR count). The zero-order valence-electron chi connectivity index (χ0n) is 40.5. The van der Waals surface area contributed by atoms with Crippen molar-refractivity contribution < 1.29 is 53.2 Å². The number of hydrogen-bond acceptors (Lipinski definition) is 15. The van der Waals surface area contributed by atoms with Gasteiger partial charge in [-0.2, -0.15) is 0 Å². The molecule has 1 aromatic carbocycles. The van der Waals surface area contributed by atoms with Crippen LogP contribution in [-0.2, 0) is 51.2 Å². The molecule has 18 nitrogen and oxygen atoms in total. The number of nitrogens with one attached hydrogen (secondary N) is 1. The monoisotopic (exact) mass is 924 g/mol. The highest BCUT2D eigenvalue weighted by molar-refractivity contribution is 6.00. The van der Waals surface area contributed by atoms with Crippen molar-refractivity contribution >= 4 is 29.5 Å². The maximum Gasteiger partial charge on any atom is 0.410 e. The molecular formula is C48H73N7O11. The summed E-state index contributed by atoms with van der Waals surface area (Å²) < 4.78 is 33.8. The Labute approximate surface area is 389 Å². The number of esters is 1. The summed E-state index contributed by atoms with van der Waals surface area (Å²) in [5.41, 5.74) is 2.82. The van der Waals surface area contributed by atoms with Crippen LogP contribution < -0.4 is 5.48 Å². The molecule has 0 spiro atoms. The standard InChI is InChI=1S/C48H73N7O11/c1-11-37-48(8)42-30(4)39(49-21-23-55(42)46(60)66-48)28(2)25-47(7,62-10)43(31(5)40(57)32(6)44(59)64-37)65-45-41(58)36(24-29(3)63-45)53(9)26-33-18-15-16-19-34(33)35-27-54(52-50-35)22-17-13-12-14-20-38(56)51-61/h15-16,18-19,27-32,36-37,41-43,45,58,61H,11-14,17,20-26H2,1-10H3,(H,51,56)/t28-,29-,30+,31+,32-,36+,37-,41-,42-,43-,45+,47+,48-/m1/s1. The van der Waals surface area contributed by atoms with Crippen LogP contribution in [0.2, 0.25) is 0 Å². The third-order valence-electron chi connectivity index (χ3n) is 14.7. The summed E-state index contributed by atoms with van der Waals surface area (Å²) in [5.74, 6) is -4.13. The Bertz CT molecular complexity index is 2050. The third-order valence-corrected chi connectivity index (χ3v) is 14.7. The number of hydroxylamine groups is 1. The number of cyclic esters (lactones) is 1. The van der Waals surface area contributed by atoms with E-state index in [0.29, 0.717) is 51.9 Å². The van der Waals surface area contributed by atoms with Crippen LogP contribution in [0.3, 0.4) is 0 Å². The molecule has 366 valence electrons. The molecule has 2 bridgehead atoms. The maximum absolute atomic E-state index is 14.5. The smallest absolute Gasteiger partial charge is 0.410 e. The quantitative estimate of drug-likeness (QED) is 0.0674. The van der Waals surface area contributed by atoms with Crippen molar-refractivity contribution in [2.75, 3.05) is 27.2 Å². The van der Waals surface area contributed by atoms with E-state index in [4.69, 9.17) is 33.9 Å². The number of nitrogens with zero attached hydrogens (tertiary/aromatic N) is 6. The van der Waals surface area contributed by atoms with Gasteiger partial charge in [0.05, 0.1) is 36.6 Å². The fourth-order valence-electron chi connectivity index (χ4n) is 11.0. The van der Waals surface area contributed by atoms with E-state index in [0.717, 1.165) is 41.8 Å². The van der Waals surface area contributed by atoms with E-state index >= 15 is 0 Å². The minimum atomic E-state index is -1.20. The molecule has 66 heavy (non-hydrogen) atoms. The first-order valence-corrected chi connectivity index (χ1v) is 23.8. The molecule has 1 aromatic heterocycles. The fraction of sp³-hybridized carbons (Fsp3) is 0.729. The zero-order valence-corrected chi connectivity index (χ0v) is 40.5. The Balaban J connectivity index is 1.22. The van der Waals surface area contributed by atoms with Gasteiger partial charge in [-0.05, 0) is 78.3 Å². The number of aliphatic imine (C=N–C) groups is 1. The number of likely N-dealkylation sites (N-methyl/N-ethyl adjacent to an activating group) is 1. The molecule has 2 aromatic rings. The number of fused-ring (bicyclic) bond motifs is 1. The average molecular weight is 924 g/mol. The maximum atomic E-state index is 14.5. The van der Waals surface area contributed by atoms with Crippen molar-refractivity contribution in [1.29, 1.82) is 0 Å². The van der Waals surface area contributed by atoms with E-state index in [-0.39, 0.29) is 30.3 Å². The van der Waals surface area contributed by atoms with Gasteiger partial charge in [-0.1, -0.05) is 70.0 Å². The van der Waals surface area contributed by atoms with Crippen LogP contribution in [0.5, 0.6) is 0 Å². The highest BCUT2D eigenvalue weighted by atomic mass is 16.7. The van der Waals surface area contributed by atoms with E-state index in [2.05, 4.69) is 22.1 Å². The molecule has 0 aliphatic carbocycles. The van der Waals surface area contributed by atoms with E-state index in [1.807, 2.05) is 76.8 Å². The van der Waals surface area contributed by atoms with Crippen LogP contribution in [0, 0.1) is 23.7 Å². The molecule has 4 aliphatic heterocycles. The largest absolute Gasteiger partial charge is 0.458 e. The van der Waals surface area contributed by atoms with Crippen LogP contribution in [0.25, 0.3) is 11.3 Å². The van der Waals surface area contributed by atoms with E-state index < -0.39 is 77.6 Å². The topological polar surface area (TPSA) is 216 Å². The number of rotatable bonds is 15. The van der Waals surface area contributed by atoms with Crippen LogP contribution in [0.1, 0.15) is 112 Å². The number of aryl methyl sites for hydroxylation is 1. The number of amides is 2. The number of aliphatic hydroxyl groups excluding tert-OH is 1. The Hall–Kier alpha value is -4.33. The fourth-order valence-corrected chi connectivity index (χ4v) is 11.0. The summed E-state index contributed by atoms with van der Waals surface area (Å²) in [7, 11) is 3.53. The molecule has 2 amide bonds. The number of carbonyl (C=O) groups is 4. The van der Waals surface area contributed by atoms with Gasteiger partial charge in [0, 0.05) is 62.3 Å². The predicted octanol–water partition coefficient (Wildman–Crippen LogP) is 5.36. The van der Waals surface area contributed by atoms with Crippen molar-refractivity contribution in [3.05, 3.63) is 36.0 Å². The van der Waals surface area contributed by atoms with Crippen LogP contribution in [-0.4, -0.2) is 146 Å². The third kappa shape index (κ3) is 10.8. The van der Waals surface area contributed by atoms with Crippen molar-refractivity contribution in [3.63, 3.8) is 0 Å². The minimum Gasteiger partial charge on any atom is -0.458 e. The van der Waals surface area contributed by atoms with Crippen molar-refractivity contribution in [2.45, 2.75) is 174 Å². The second-order valence-corrected chi connectivity index (χ2v) is 19.5. The second kappa shape index (κ2) is 21.7. The predicted molar refractivity (Wildman–Crippen MR) is 243 cm³/mol. The summed E-state index contributed by atoms with van der Waals surface area (Å²) in [6.45, 7) is 16.7. The Morgan fingerprint density at radius 3 is 2.48 bits per heavy atom. The number of ketones is 1. The number of methoxy groups -OCH3 is 1. The molecule has 3 saturated heterocycles. The SMILES string of the molecule is CC[C@H]1OC(=O)[C@H](C)C(=O)[C@H](C)[C@@H](O[C@@H]2O[C@H](C)C[C@H](N(C)Cc3ccccc3-c3cn(CCCCCCC(=O)NO)nn3)[C@H]2O)[C@@](C)(OC)C[C@@H](C)C2=NCCN3C(=O)O[C@@]1(C)[C@H]3[C@H]2C. The molecule has 3 N–H and O–H groups in total. The van der Waals surface area contributed by atoms with Crippen LogP contribution in [0.4, 0.5) is 4.79 Å². The first-order chi connectivity index (χ1) is 31.4. The number of carbonyl (C=O) groups excluding carboxylic acids is 4. The lowest BCUT2D eigenvalue weighted by atomic mass is 9.73. The number of aliphatic hydroxyl groups is 1. The molecule has 13 atom stereocenters. The molecular weight excluding hydrogens is 851 g/mol. The lowest BCUT2D eigenvalue weighted by Gasteiger charge is -2.47. The minimum absolute atomic E-state index is 0.211. The molecule has 3 fully saturated rings. The number of unbranched alkanes of at least 4 members (excludes halogenated alkanes) is 3. The van der Waals surface area contributed by atoms with Gasteiger partial charge in [-0.25, -0.2) is 10.3 Å². The van der Waals surface area contributed by atoms with Crippen molar-refractivity contribution in [2.24, 2.45) is 28.7 Å². The zero-order chi connectivity index (χ0) is 48.1. The second-order valence-electron chi connectivity index (χ2n) is 19.5. The summed E-state index contributed by atoms with van der Waals surface area (Å²) in [6, 6.07) is 7.07. The number of aromatic nitrogens is 3. The molecule has 18 heteroatoms. The van der Waals surface area contributed by atoms with E-state index in [1.165, 1.54) is 6.92 Å². The van der Waals surface area contributed by atoms with Gasteiger partial charge in [-0.15, -0.1) is 5.10 Å². The van der Waals surface area contributed by atoms with E-state index in [9.17, 15) is 24.3 Å². The van der Waals surface area contributed by atoms with Gasteiger partial charge >= 0.3 is 12.1 Å². The first kappa shape index (κ1) is 51.1. The highest BCUT2D eigenvalue weighted by Crippen LogP contribution is 2.44. The van der Waals surface area contributed by atoms with Crippen LogP contribution >= 0.6 is 0 Å².